The van der Waals surface area contributed by atoms with Crippen LogP contribution in [0.3, 0.4) is 0 Å². The van der Waals surface area contributed by atoms with Gasteiger partial charge < -0.3 is 10.1 Å². The molecule has 1 aromatic carbocycles. The number of nitro benzene ring substituents is 1. The van der Waals surface area contributed by atoms with E-state index in [-0.39, 0.29) is 16.7 Å². The number of thioether (sulfide) groups is 1. The Hall–Kier alpha value is -2.35. The van der Waals surface area contributed by atoms with Crippen molar-refractivity contribution in [2.45, 2.75) is 10.9 Å². The van der Waals surface area contributed by atoms with Crippen LogP contribution in [0.25, 0.3) is 0 Å². The summed E-state index contributed by atoms with van der Waals surface area (Å²) in [6.45, 7) is 0. The molecule has 0 bridgehead atoms. The largest absolute Gasteiger partial charge is 0.493 e. The van der Waals surface area contributed by atoms with Crippen LogP contribution in [0.4, 0.5) is 5.69 Å². The average Bonchev–Trinajstić information content (AvgIpc) is 2.35. The summed E-state index contributed by atoms with van der Waals surface area (Å²) in [4.78, 5) is 27.5. The lowest BCUT2D eigenvalue weighted by Gasteiger charge is -2.01. The van der Waals surface area contributed by atoms with E-state index < -0.39 is 10.5 Å². The Bertz CT molecular complexity index is 671. The summed E-state index contributed by atoms with van der Waals surface area (Å²) in [6.07, 6.45) is 0. The third-order valence-corrected chi connectivity index (χ3v) is 3.15. The average molecular weight is 279 g/mol. The summed E-state index contributed by atoms with van der Waals surface area (Å²) in [6, 6.07) is 7.15. The molecule has 0 unspecified atom stereocenters. The van der Waals surface area contributed by atoms with Crippen LogP contribution >= 0.6 is 11.8 Å². The highest BCUT2D eigenvalue weighted by atomic mass is 32.2. The third kappa shape index (κ3) is 3.55. The molecule has 2 rings (SSSR count). The van der Waals surface area contributed by atoms with E-state index in [9.17, 15) is 20.0 Å². The van der Waals surface area contributed by atoms with Gasteiger partial charge in [-0.25, -0.2) is 0 Å². The van der Waals surface area contributed by atoms with Crippen molar-refractivity contribution in [3.05, 3.63) is 56.4 Å². The maximum Gasteiger partial charge on any atom is 0.269 e. The number of nitrogens with zero attached hydrogens (tertiary/aromatic N) is 2. The molecule has 0 fully saturated rings. The molecule has 2 aromatic rings. The van der Waals surface area contributed by atoms with Crippen molar-refractivity contribution in [3.8, 4) is 5.88 Å². The molecule has 0 radical (unpaired) electrons. The van der Waals surface area contributed by atoms with Crippen molar-refractivity contribution in [2.75, 3.05) is 0 Å². The minimum Gasteiger partial charge on any atom is -0.493 e. The molecule has 8 heteroatoms. The first-order valence-corrected chi connectivity index (χ1v) is 6.19. The summed E-state index contributed by atoms with van der Waals surface area (Å²) in [5, 5.41) is 20.1. The first kappa shape index (κ1) is 13.1. The van der Waals surface area contributed by atoms with Crippen molar-refractivity contribution in [1.82, 2.24) is 9.97 Å². The number of rotatable bonds is 4. The van der Waals surface area contributed by atoms with Gasteiger partial charge in [-0.1, -0.05) is 23.9 Å². The van der Waals surface area contributed by atoms with Crippen LogP contribution in [0.2, 0.25) is 0 Å². The molecule has 0 aliphatic rings. The highest BCUT2D eigenvalue weighted by Gasteiger charge is 2.07. The third-order valence-electron chi connectivity index (χ3n) is 2.20. The van der Waals surface area contributed by atoms with Gasteiger partial charge in [-0.3, -0.25) is 14.9 Å². The van der Waals surface area contributed by atoms with Gasteiger partial charge in [0.25, 0.3) is 11.2 Å². The van der Waals surface area contributed by atoms with Gasteiger partial charge in [-0.05, 0) is 5.56 Å². The molecule has 2 N–H and O–H groups in total. The van der Waals surface area contributed by atoms with Crippen LogP contribution < -0.4 is 5.56 Å². The van der Waals surface area contributed by atoms with Gasteiger partial charge in [0.2, 0.25) is 5.88 Å². The zero-order valence-corrected chi connectivity index (χ0v) is 10.4. The second-order valence-corrected chi connectivity index (χ2v) is 4.59. The van der Waals surface area contributed by atoms with E-state index in [4.69, 9.17) is 0 Å². The molecule has 19 heavy (non-hydrogen) atoms. The maximum absolute atomic E-state index is 11.1. The lowest BCUT2D eigenvalue weighted by Crippen LogP contribution is -2.06. The number of aromatic hydroxyl groups is 1. The standard InChI is InChI=1S/C11H9N3O4S/c15-9-5-10(16)13-11(12-9)19-6-7-2-1-3-8(4-7)14(17)18/h1-5H,6H2,(H2,12,13,15,16). The maximum atomic E-state index is 11.1. The zero-order chi connectivity index (χ0) is 13.8. The smallest absolute Gasteiger partial charge is 0.269 e. The molecule has 0 aliphatic heterocycles. The Morgan fingerprint density at radius 3 is 2.89 bits per heavy atom. The van der Waals surface area contributed by atoms with Crippen LogP contribution in [-0.2, 0) is 5.75 Å². The van der Waals surface area contributed by atoms with Crippen molar-refractivity contribution in [3.63, 3.8) is 0 Å². The molecule has 1 aromatic heterocycles. The summed E-state index contributed by atoms with van der Waals surface area (Å²) in [7, 11) is 0. The van der Waals surface area contributed by atoms with E-state index in [0.29, 0.717) is 5.75 Å². The fraction of sp³-hybridized carbons (Fsp3) is 0.0909. The summed E-state index contributed by atoms with van der Waals surface area (Å²) >= 11 is 1.17. The van der Waals surface area contributed by atoms with Crippen LogP contribution in [-0.4, -0.2) is 20.0 Å². The number of nitrogens with one attached hydrogen (secondary N) is 1. The van der Waals surface area contributed by atoms with E-state index in [1.165, 1.54) is 23.9 Å². The molecule has 1 heterocycles. The van der Waals surface area contributed by atoms with Gasteiger partial charge in [0.05, 0.1) is 11.0 Å². The van der Waals surface area contributed by atoms with Gasteiger partial charge in [-0.15, -0.1) is 0 Å². The Balaban J connectivity index is 2.12. The Labute approximate surface area is 111 Å². The van der Waals surface area contributed by atoms with Crippen molar-refractivity contribution in [1.29, 1.82) is 0 Å². The second-order valence-electron chi connectivity index (χ2n) is 3.62. The number of nitro groups is 1. The molecular weight excluding hydrogens is 270 g/mol. The predicted molar refractivity (Wildman–Crippen MR) is 69.2 cm³/mol. The first-order valence-electron chi connectivity index (χ1n) is 5.21. The summed E-state index contributed by atoms with van der Waals surface area (Å²) < 4.78 is 0. The predicted octanol–water partition coefficient (Wildman–Crippen LogP) is 1.68. The van der Waals surface area contributed by atoms with Gasteiger partial charge in [0, 0.05) is 17.9 Å². The van der Waals surface area contributed by atoms with Crippen molar-refractivity contribution < 1.29 is 10.0 Å². The summed E-state index contributed by atoms with van der Waals surface area (Å²) in [5.41, 5.74) is 0.287. The Kier molecular flexibility index (Phi) is 3.81. The lowest BCUT2D eigenvalue weighted by molar-refractivity contribution is -0.384. The number of hydrogen-bond donors (Lipinski definition) is 2. The normalized spacial score (nSPS) is 10.3. The van der Waals surface area contributed by atoms with Crippen molar-refractivity contribution in [2.24, 2.45) is 0 Å². The zero-order valence-electron chi connectivity index (χ0n) is 9.57. The van der Waals surface area contributed by atoms with Gasteiger partial charge >= 0.3 is 0 Å². The number of aromatic amines is 1. The fourth-order valence-corrected chi connectivity index (χ4v) is 2.22. The quantitative estimate of drug-likeness (QED) is 0.381. The van der Waals surface area contributed by atoms with E-state index >= 15 is 0 Å². The molecule has 0 aliphatic carbocycles. The topological polar surface area (TPSA) is 109 Å². The molecule has 7 nitrogen and oxygen atoms in total. The number of aromatic nitrogens is 2. The van der Waals surface area contributed by atoms with Crippen LogP contribution in [0.5, 0.6) is 5.88 Å². The van der Waals surface area contributed by atoms with Crippen LogP contribution in [0.1, 0.15) is 5.56 Å². The van der Waals surface area contributed by atoms with Gasteiger partial charge in [0.1, 0.15) is 0 Å². The minimum atomic E-state index is -0.470. The number of H-pyrrole nitrogens is 1. The van der Waals surface area contributed by atoms with E-state index in [1.54, 1.807) is 12.1 Å². The van der Waals surface area contributed by atoms with E-state index in [0.717, 1.165) is 11.6 Å². The molecule has 0 saturated carbocycles. The van der Waals surface area contributed by atoms with Crippen LogP contribution in [0, 0.1) is 10.1 Å². The van der Waals surface area contributed by atoms with Gasteiger partial charge in [0.15, 0.2) is 5.16 Å². The SMILES string of the molecule is O=c1cc(O)nc(SCc2cccc([N+](=O)[O-])c2)[nH]1. The monoisotopic (exact) mass is 279 g/mol. The lowest BCUT2D eigenvalue weighted by atomic mass is 10.2. The molecule has 0 saturated heterocycles. The van der Waals surface area contributed by atoms with E-state index in [1.807, 2.05) is 0 Å². The molecule has 0 spiro atoms. The van der Waals surface area contributed by atoms with Crippen LogP contribution in [0.15, 0.2) is 40.3 Å². The highest BCUT2D eigenvalue weighted by molar-refractivity contribution is 7.98. The number of benzene rings is 1. The second kappa shape index (κ2) is 5.53. The Morgan fingerprint density at radius 1 is 1.42 bits per heavy atom. The molecule has 98 valence electrons. The number of hydrogen-bond acceptors (Lipinski definition) is 6. The molecule has 0 amide bonds. The first-order chi connectivity index (χ1) is 9.04. The molecular formula is C11H9N3O4S. The van der Waals surface area contributed by atoms with Gasteiger partial charge in [-0.2, -0.15) is 4.98 Å². The Morgan fingerprint density at radius 2 is 2.21 bits per heavy atom. The highest BCUT2D eigenvalue weighted by Crippen LogP contribution is 2.22. The van der Waals surface area contributed by atoms with Crippen molar-refractivity contribution >= 4 is 17.4 Å². The van der Waals surface area contributed by atoms with E-state index in [2.05, 4.69) is 9.97 Å². The minimum absolute atomic E-state index is 0.00969. The number of non-ortho nitro benzene ring substituents is 1. The summed E-state index contributed by atoms with van der Waals surface area (Å²) in [5.74, 6) is 0.0407. The molecule has 0 atom stereocenters. The fourth-order valence-electron chi connectivity index (χ4n) is 1.40.